The molecule has 1 aromatic rings. The van der Waals surface area contributed by atoms with Crippen molar-refractivity contribution in [2.75, 3.05) is 6.54 Å². The van der Waals surface area contributed by atoms with Crippen LogP contribution in [0.1, 0.15) is 37.3 Å². The molecule has 0 bridgehead atoms. The molecule has 0 aliphatic heterocycles. The van der Waals surface area contributed by atoms with E-state index in [1.54, 1.807) is 6.08 Å². The fourth-order valence-corrected chi connectivity index (χ4v) is 2.31. The first-order valence-electron chi connectivity index (χ1n) is 6.93. The van der Waals surface area contributed by atoms with Crippen LogP contribution in [0.2, 0.25) is 0 Å². The highest BCUT2D eigenvalue weighted by Gasteiger charge is 2.28. The highest BCUT2D eigenvalue weighted by atomic mass is 16.4. The molecule has 1 aromatic carbocycles. The second-order valence-electron chi connectivity index (χ2n) is 5.12. The van der Waals surface area contributed by atoms with Gasteiger partial charge in [0, 0.05) is 18.7 Å². The summed E-state index contributed by atoms with van der Waals surface area (Å²) in [5.74, 6) is -0.906. The van der Waals surface area contributed by atoms with Crippen molar-refractivity contribution in [2.24, 2.45) is 0 Å². The maximum Gasteiger partial charge on any atom is 0.328 e. The van der Waals surface area contributed by atoms with Crippen LogP contribution in [-0.4, -0.2) is 28.6 Å². The summed E-state index contributed by atoms with van der Waals surface area (Å²) in [6.07, 6.45) is 6.64. The molecule has 2 rings (SSSR count). The summed E-state index contributed by atoms with van der Waals surface area (Å²) in [6, 6.07) is 8.88. The van der Waals surface area contributed by atoms with Gasteiger partial charge in [0.05, 0.1) is 0 Å². The molecule has 1 N–H and O–H groups in total. The third kappa shape index (κ3) is 4.52. The van der Waals surface area contributed by atoms with Gasteiger partial charge in [-0.3, -0.25) is 4.90 Å². The molecule has 1 saturated carbocycles. The van der Waals surface area contributed by atoms with Gasteiger partial charge in [-0.2, -0.15) is 0 Å². The Morgan fingerprint density at radius 1 is 1.47 bits per heavy atom. The van der Waals surface area contributed by atoms with Crippen LogP contribution in [-0.2, 0) is 11.3 Å². The van der Waals surface area contributed by atoms with E-state index < -0.39 is 5.97 Å². The van der Waals surface area contributed by atoms with E-state index in [0.29, 0.717) is 0 Å². The van der Waals surface area contributed by atoms with Crippen molar-refractivity contribution in [1.82, 2.24) is 4.90 Å². The predicted molar refractivity (Wildman–Crippen MR) is 76.8 cm³/mol. The van der Waals surface area contributed by atoms with E-state index >= 15 is 0 Å². The molecule has 0 heterocycles. The van der Waals surface area contributed by atoms with Gasteiger partial charge in [-0.25, -0.2) is 4.79 Å². The van der Waals surface area contributed by atoms with Gasteiger partial charge < -0.3 is 5.11 Å². The highest BCUT2D eigenvalue weighted by molar-refractivity contribution is 5.85. The van der Waals surface area contributed by atoms with E-state index in [1.807, 2.05) is 12.1 Å². The van der Waals surface area contributed by atoms with Gasteiger partial charge in [-0.05, 0) is 43.0 Å². The number of carbonyl (C=O) groups is 1. The largest absolute Gasteiger partial charge is 0.478 e. The average Bonchev–Trinajstić information content (AvgIpc) is 3.21. The lowest BCUT2D eigenvalue weighted by Gasteiger charge is -2.21. The molecule has 0 radical (unpaired) electrons. The third-order valence-corrected chi connectivity index (χ3v) is 3.33. The molecule has 102 valence electrons. The number of hydrogen-bond donors (Lipinski definition) is 1. The molecule has 0 atom stereocenters. The lowest BCUT2D eigenvalue weighted by Crippen LogP contribution is -2.26. The van der Waals surface area contributed by atoms with Crippen LogP contribution < -0.4 is 0 Å². The summed E-state index contributed by atoms with van der Waals surface area (Å²) in [4.78, 5) is 13.1. The summed E-state index contributed by atoms with van der Waals surface area (Å²) >= 11 is 0. The first-order chi connectivity index (χ1) is 9.19. The van der Waals surface area contributed by atoms with Gasteiger partial charge in [0.25, 0.3) is 0 Å². The number of aliphatic carboxylic acids is 1. The number of carboxylic acid groups (broad SMARTS) is 1. The van der Waals surface area contributed by atoms with Gasteiger partial charge in [0.15, 0.2) is 0 Å². The van der Waals surface area contributed by atoms with Crippen LogP contribution in [0, 0.1) is 0 Å². The second-order valence-corrected chi connectivity index (χ2v) is 5.12. The Kier molecular flexibility index (Phi) is 4.74. The maximum atomic E-state index is 10.5. The normalized spacial score (nSPS) is 15.3. The topological polar surface area (TPSA) is 40.5 Å². The lowest BCUT2D eigenvalue weighted by molar-refractivity contribution is -0.131. The van der Waals surface area contributed by atoms with Gasteiger partial charge >= 0.3 is 5.97 Å². The van der Waals surface area contributed by atoms with Crippen molar-refractivity contribution in [3.63, 3.8) is 0 Å². The molecule has 0 aromatic heterocycles. The summed E-state index contributed by atoms with van der Waals surface area (Å²) in [5, 5.41) is 8.65. The molecule has 0 amide bonds. The Labute approximate surface area is 114 Å². The number of nitrogens with zero attached hydrogens (tertiary/aromatic N) is 1. The standard InChI is InChI=1S/C16H21NO2/c1-2-10-17(15-7-8-15)12-14-5-3-4-13(11-14)6-9-16(18)19/h3-6,9,11,15H,2,7-8,10,12H2,1H3,(H,18,19). The van der Waals surface area contributed by atoms with Crippen LogP contribution in [0.5, 0.6) is 0 Å². The first-order valence-corrected chi connectivity index (χ1v) is 6.93. The van der Waals surface area contributed by atoms with Crippen molar-refractivity contribution in [1.29, 1.82) is 0 Å². The minimum Gasteiger partial charge on any atom is -0.478 e. The molecule has 0 spiro atoms. The molecular formula is C16H21NO2. The SMILES string of the molecule is CCCN(Cc1cccc(C=CC(=O)O)c1)C1CC1. The average molecular weight is 259 g/mol. The minimum atomic E-state index is -0.906. The first kappa shape index (κ1) is 13.8. The zero-order valence-electron chi connectivity index (χ0n) is 11.4. The van der Waals surface area contributed by atoms with Gasteiger partial charge in [-0.15, -0.1) is 0 Å². The Balaban J connectivity index is 2.03. The molecule has 1 fully saturated rings. The summed E-state index contributed by atoms with van der Waals surface area (Å²) in [7, 11) is 0. The van der Waals surface area contributed by atoms with E-state index in [2.05, 4.69) is 24.0 Å². The molecule has 0 unspecified atom stereocenters. The maximum absolute atomic E-state index is 10.5. The lowest BCUT2D eigenvalue weighted by atomic mass is 10.1. The van der Waals surface area contributed by atoms with Crippen LogP contribution in [0.4, 0.5) is 0 Å². The van der Waals surface area contributed by atoms with Crippen LogP contribution in [0.3, 0.4) is 0 Å². The van der Waals surface area contributed by atoms with Crippen molar-refractivity contribution in [2.45, 2.75) is 38.8 Å². The van der Waals surface area contributed by atoms with Crippen molar-refractivity contribution in [3.05, 3.63) is 41.5 Å². The minimum absolute atomic E-state index is 0.762. The van der Waals surface area contributed by atoms with Gasteiger partial charge in [0.1, 0.15) is 0 Å². The molecular weight excluding hydrogens is 238 g/mol. The summed E-state index contributed by atoms with van der Waals surface area (Å²) < 4.78 is 0. The van der Waals surface area contributed by atoms with E-state index in [1.165, 1.54) is 30.9 Å². The fraction of sp³-hybridized carbons (Fsp3) is 0.438. The Bertz CT molecular complexity index is 464. The molecule has 1 aliphatic rings. The number of rotatable bonds is 7. The fourth-order valence-electron chi connectivity index (χ4n) is 2.31. The molecule has 19 heavy (non-hydrogen) atoms. The monoisotopic (exact) mass is 259 g/mol. The van der Waals surface area contributed by atoms with Crippen molar-refractivity contribution in [3.8, 4) is 0 Å². The molecule has 0 saturated heterocycles. The summed E-state index contributed by atoms with van der Waals surface area (Å²) in [6.45, 7) is 4.31. The smallest absolute Gasteiger partial charge is 0.328 e. The predicted octanol–water partition coefficient (Wildman–Crippen LogP) is 3.16. The molecule has 3 nitrogen and oxygen atoms in total. The van der Waals surface area contributed by atoms with Crippen molar-refractivity contribution < 1.29 is 9.90 Å². The van der Waals surface area contributed by atoms with Crippen LogP contribution in [0.25, 0.3) is 6.08 Å². The van der Waals surface area contributed by atoms with Crippen LogP contribution in [0.15, 0.2) is 30.3 Å². The molecule has 3 heteroatoms. The number of benzene rings is 1. The second kappa shape index (κ2) is 6.53. The quantitative estimate of drug-likeness (QED) is 0.765. The Morgan fingerprint density at radius 3 is 2.89 bits per heavy atom. The van der Waals surface area contributed by atoms with Crippen LogP contribution >= 0.6 is 0 Å². The Morgan fingerprint density at radius 2 is 2.26 bits per heavy atom. The molecule has 1 aliphatic carbocycles. The zero-order chi connectivity index (χ0) is 13.7. The third-order valence-electron chi connectivity index (χ3n) is 3.33. The summed E-state index contributed by atoms with van der Waals surface area (Å²) in [5.41, 5.74) is 2.21. The van der Waals surface area contributed by atoms with Crippen molar-refractivity contribution >= 4 is 12.0 Å². The zero-order valence-corrected chi connectivity index (χ0v) is 11.4. The van der Waals surface area contributed by atoms with E-state index in [4.69, 9.17) is 5.11 Å². The van der Waals surface area contributed by atoms with Gasteiger partial charge in [0.2, 0.25) is 0 Å². The number of carboxylic acids is 1. The Hall–Kier alpha value is -1.61. The van der Waals surface area contributed by atoms with E-state index in [-0.39, 0.29) is 0 Å². The van der Waals surface area contributed by atoms with E-state index in [0.717, 1.165) is 24.7 Å². The van der Waals surface area contributed by atoms with E-state index in [9.17, 15) is 4.79 Å². The van der Waals surface area contributed by atoms with Gasteiger partial charge in [-0.1, -0.05) is 31.2 Å². The number of hydrogen-bond acceptors (Lipinski definition) is 2. The highest BCUT2D eigenvalue weighted by Crippen LogP contribution is 2.28.